The maximum Gasteiger partial charge on any atom is 0.176 e. The molecule has 0 spiro atoms. The van der Waals surface area contributed by atoms with Crippen molar-refractivity contribution in [2.24, 2.45) is 0 Å². The molecule has 0 amide bonds. The molecule has 1 aliphatic rings. The van der Waals surface area contributed by atoms with Gasteiger partial charge in [0, 0.05) is 42.3 Å². The van der Waals surface area contributed by atoms with E-state index in [1.54, 1.807) is 24.3 Å². The number of carbonyl (C=O) groups is 1. The third-order valence-electron chi connectivity index (χ3n) is 3.85. The molecule has 0 aliphatic carbocycles. The molecule has 0 unspecified atom stereocenters. The molecule has 110 valence electrons. The van der Waals surface area contributed by atoms with Gasteiger partial charge in [-0.05, 0) is 45.0 Å². The highest BCUT2D eigenvalue weighted by Crippen LogP contribution is 2.16. The molecule has 2 rings (SSSR count). The standard InChI is InChI=1S/C16H23ClN2O/c1-16(2,3)19-10-8-18(9-11-19)12-15(20)13-4-6-14(17)7-5-13/h4-7H,8-12H2,1-3H3. The zero-order valence-corrected chi connectivity index (χ0v) is 13.3. The number of benzene rings is 1. The van der Waals surface area contributed by atoms with E-state index >= 15 is 0 Å². The van der Waals surface area contributed by atoms with Crippen molar-refractivity contribution in [3.63, 3.8) is 0 Å². The zero-order chi connectivity index (χ0) is 14.8. The normalized spacial score (nSPS) is 18.2. The first-order valence-electron chi connectivity index (χ1n) is 7.12. The molecule has 1 saturated heterocycles. The Labute approximate surface area is 126 Å². The van der Waals surface area contributed by atoms with Crippen LogP contribution in [0.1, 0.15) is 31.1 Å². The fourth-order valence-corrected chi connectivity index (χ4v) is 2.63. The second-order valence-electron chi connectivity index (χ2n) is 6.36. The second-order valence-corrected chi connectivity index (χ2v) is 6.80. The van der Waals surface area contributed by atoms with Gasteiger partial charge >= 0.3 is 0 Å². The van der Waals surface area contributed by atoms with Gasteiger partial charge in [0.1, 0.15) is 0 Å². The smallest absolute Gasteiger partial charge is 0.176 e. The summed E-state index contributed by atoms with van der Waals surface area (Å²) in [6.07, 6.45) is 0. The molecule has 20 heavy (non-hydrogen) atoms. The van der Waals surface area contributed by atoms with Crippen LogP contribution in [0.5, 0.6) is 0 Å². The molecule has 0 atom stereocenters. The van der Waals surface area contributed by atoms with E-state index < -0.39 is 0 Å². The lowest BCUT2D eigenvalue weighted by Gasteiger charge is -2.42. The highest BCUT2D eigenvalue weighted by Gasteiger charge is 2.26. The van der Waals surface area contributed by atoms with Crippen LogP contribution < -0.4 is 0 Å². The Morgan fingerprint density at radius 1 is 1.10 bits per heavy atom. The zero-order valence-electron chi connectivity index (χ0n) is 12.5. The quantitative estimate of drug-likeness (QED) is 0.801. The number of nitrogens with zero attached hydrogens (tertiary/aromatic N) is 2. The maximum absolute atomic E-state index is 12.2. The third-order valence-corrected chi connectivity index (χ3v) is 4.11. The van der Waals surface area contributed by atoms with Gasteiger partial charge in [0.15, 0.2) is 5.78 Å². The number of hydrogen-bond donors (Lipinski definition) is 0. The third kappa shape index (κ3) is 4.05. The monoisotopic (exact) mass is 294 g/mol. The lowest BCUT2D eigenvalue weighted by atomic mass is 10.0. The van der Waals surface area contributed by atoms with E-state index in [2.05, 4.69) is 30.6 Å². The highest BCUT2D eigenvalue weighted by molar-refractivity contribution is 6.30. The molecule has 4 heteroatoms. The number of hydrogen-bond acceptors (Lipinski definition) is 3. The number of rotatable bonds is 3. The van der Waals surface area contributed by atoms with Crippen LogP contribution in [0.4, 0.5) is 0 Å². The summed E-state index contributed by atoms with van der Waals surface area (Å²) in [5.41, 5.74) is 0.958. The lowest BCUT2D eigenvalue weighted by molar-refractivity contribution is 0.0579. The SMILES string of the molecule is CC(C)(C)N1CCN(CC(=O)c2ccc(Cl)cc2)CC1. The van der Waals surface area contributed by atoms with E-state index in [9.17, 15) is 4.79 Å². The van der Waals surface area contributed by atoms with Crippen LogP contribution in [-0.4, -0.2) is 53.8 Å². The topological polar surface area (TPSA) is 23.6 Å². The summed E-state index contributed by atoms with van der Waals surface area (Å²) >= 11 is 5.84. The molecular weight excluding hydrogens is 272 g/mol. The molecule has 1 aromatic carbocycles. The Bertz CT molecular complexity index is 456. The van der Waals surface area contributed by atoms with Crippen LogP contribution >= 0.6 is 11.6 Å². The second kappa shape index (κ2) is 6.25. The average Bonchev–Trinajstić information content (AvgIpc) is 2.39. The van der Waals surface area contributed by atoms with Gasteiger partial charge in [-0.15, -0.1) is 0 Å². The van der Waals surface area contributed by atoms with Crippen LogP contribution in [-0.2, 0) is 0 Å². The lowest BCUT2D eigenvalue weighted by Crippen LogP contribution is -2.54. The Morgan fingerprint density at radius 3 is 2.15 bits per heavy atom. The molecule has 0 saturated carbocycles. The Kier molecular flexibility index (Phi) is 4.84. The Hall–Kier alpha value is -0.900. The van der Waals surface area contributed by atoms with Crippen molar-refractivity contribution in [1.29, 1.82) is 0 Å². The molecule has 0 N–H and O–H groups in total. The molecule has 1 heterocycles. The van der Waals surface area contributed by atoms with Crippen molar-refractivity contribution in [1.82, 2.24) is 9.80 Å². The summed E-state index contributed by atoms with van der Waals surface area (Å²) in [5, 5.41) is 0.667. The predicted molar refractivity (Wildman–Crippen MR) is 83.5 cm³/mol. The van der Waals surface area contributed by atoms with Gasteiger partial charge in [0.2, 0.25) is 0 Å². The predicted octanol–water partition coefficient (Wildman–Crippen LogP) is 2.94. The van der Waals surface area contributed by atoms with Crippen molar-refractivity contribution in [2.45, 2.75) is 26.3 Å². The summed E-state index contributed by atoms with van der Waals surface area (Å²) < 4.78 is 0. The van der Waals surface area contributed by atoms with Gasteiger partial charge in [-0.2, -0.15) is 0 Å². The highest BCUT2D eigenvalue weighted by atomic mass is 35.5. The number of halogens is 1. The van der Waals surface area contributed by atoms with E-state index in [4.69, 9.17) is 11.6 Å². The summed E-state index contributed by atoms with van der Waals surface area (Å²) in [5.74, 6) is 0.172. The van der Waals surface area contributed by atoms with E-state index in [-0.39, 0.29) is 11.3 Å². The number of ketones is 1. The van der Waals surface area contributed by atoms with Crippen LogP contribution in [0.3, 0.4) is 0 Å². The molecule has 0 radical (unpaired) electrons. The number of piperazine rings is 1. The van der Waals surface area contributed by atoms with Gasteiger partial charge in [0.25, 0.3) is 0 Å². The van der Waals surface area contributed by atoms with Gasteiger partial charge in [-0.1, -0.05) is 11.6 Å². The van der Waals surface area contributed by atoms with Crippen molar-refractivity contribution < 1.29 is 4.79 Å². The Morgan fingerprint density at radius 2 is 1.65 bits per heavy atom. The summed E-state index contributed by atoms with van der Waals surface area (Å²) in [7, 11) is 0. The average molecular weight is 295 g/mol. The van der Waals surface area contributed by atoms with Crippen LogP contribution in [0.2, 0.25) is 5.02 Å². The number of carbonyl (C=O) groups excluding carboxylic acids is 1. The van der Waals surface area contributed by atoms with Gasteiger partial charge < -0.3 is 0 Å². The largest absolute Gasteiger partial charge is 0.296 e. The van der Waals surface area contributed by atoms with E-state index in [0.29, 0.717) is 11.6 Å². The molecular formula is C16H23ClN2O. The minimum Gasteiger partial charge on any atom is -0.296 e. The van der Waals surface area contributed by atoms with E-state index in [1.165, 1.54) is 0 Å². The fourth-order valence-electron chi connectivity index (χ4n) is 2.51. The van der Waals surface area contributed by atoms with Gasteiger partial charge in [0.05, 0.1) is 6.54 Å². The minimum absolute atomic E-state index is 0.172. The number of Topliss-reactive ketones (excluding diaryl/α,β-unsaturated/α-hetero) is 1. The first kappa shape index (κ1) is 15.5. The molecule has 1 aromatic rings. The van der Waals surface area contributed by atoms with Crippen LogP contribution in [0.25, 0.3) is 0 Å². The Balaban J connectivity index is 1.86. The molecule has 1 fully saturated rings. The summed E-state index contributed by atoms with van der Waals surface area (Å²) in [6, 6.07) is 7.14. The van der Waals surface area contributed by atoms with Gasteiger partial charge in [-0.3, -0.25) is 14.6 Å². The first-order chi connectivity index (χ1) is 9.36. The van der Waals surface area contributed by atoms with Crippen molar-refractivity contribution >= 4 is 17.4 Å². The maximum atomic E-state index is 12.2. The van der Waals surface area contributed by atoms with Crippen LogP contribution in [0.15, 0.2) is 24.3 Å². The van der Waals surface area contributed by atoms with E-state index in [0.717, 1.165) is 31.7 Å². The molecule has 3 nitrogen and oxygen atoms in total. The van der Waals surface area contributed by atoms with Crippen molar-refractivity contribution in [3.8, 4) is 0 Å². The minimum atomic E-state index is 0.172. The summed E-state index contributed by atoms with van der Waals surface area (Å²) in [4.78, 5) is 16.9. The first-order valence-corrected chi connectivity index (χ1v) is 7.50. The fraction of sp³-hybridized carbons (Fsp3) is 0.562. The van der Waals surface area contributed by atoms with Crippen molar-refractivity contribution in [2.75, 3.05) is 32.7 Å². The van der Waals surface area contributed by atoms with Crippen LogP contribution in [0, 0.1) is 0 Å². The van der Waals surface area contributed by atoms with Crippen molar-refractivity contribution in [3.05, 3.63) is 34.9 Å². The van der Waals surface area contributed by atoms with Gasteiger partial charge in [-0.25, -0.2) is 0 Å². The molecule has 0 aromatic heterocycles. The van der Waals surface area contributed by atoms with E-state index in [1.807, 2.05) is 0 Å². The molecule has 1 aliphatic heterocycles. The molecule has 0 bridgehead atoms. The summed E-state index contributed by atoms with van der Waals surface area (Å²) in [6.45, 7) is 11.2.